The number of aldehydes is 1. The number of benzene rings is 1. The van der Waals surface area contributed by atoms with Crippen LogP contribution in [-0.4, -0.2) is 19.5 Å². The Labute approximate surface area is 98.3 Å². The average Bonchev–Trinajstić information content (AvgIpc) is 2.27. The SMILES string of the molecule is CC(C)COc1cc(C=O)ccc1OC(F)F. The zero-order valence-electron chi connectivity index (χ0n) is 9.65. The normalized spacial score (nSPS) is 10.7. The third-order valence-electron chi connectivity index (χ3n) is 1.89. The van der Waals surface area contributed by atoms with E-state index in [-0.39, 0.29) is 17.4 Å². The van der Waals surface area contributed by atoms with E-state index in [1.54, 1.807) is 0 Å². The molecule has 0 spiro atoms. The van der Waals surface area contributed by atoms with Crippen LogP contribution in [0.2, 0.25) is 0 Å². The van der Waals surface area contributed by atoms with E-state index in [0.29, 0.717) is 18.5 Å². The van der Waals surface area contributed by atoms with Gasteiger partial charge in [0.1, 0.15) is 6.29 Å². The van der Waals surface area contributed by atoms with Gasteiger partial charge in [-0.15, -0.1) is 0 Å². The van der Waals surface area contributed by atoms with Crippen molar-refractivity contribution in [1.82, 2.24) is 0 Å². The fourth-order valence-electron chi connectivity index (χ4n) is 1.16. The second kappa shape index (κ2) is 6.18. The molecule has 0 heterocycles. The molecule has 0 bridgehead atoms. The lowest BCUT2D eigenvalue weighted by Crippen LogP contribution is -2.08. The van der Waals surface area contributed by atoms with Gasteiger partial charge in [0, 0.05) is 5.56 Å². The molecule has 1 rings (SSSR count). The van der Waals surface area contributed by atoms with Crippen LogP contribution in [0.5, 0.6) is 11.5 Å². The zero-order valence-corrected chi connectivity index (χ0v) is 9.65. The largest absolute Gasteiger partial charge is 0.489 e. The first kappa shape index (κ1) is 13.4. The van der Waals surface area contributed by atoms with E-state index in [1.165, 1.54) is 18.2 Å². The molecule has 0 atom stereocenters. The Morgan fingerprint density at radius 2 is 2.00 bits per heavy atom. The molecule has 1 aromatic carbocycles. The summed E-state index contributed by atoms with van der Waals surface area (Å²) < 4.78 is 33.9. The number of halogens is 2. The van der Waals surface area contributed by atoms with E-state index >= 15 is 0 Å². The van der Waals surface area contributed by atoms with Crippen LogP contribution in [0.15, 0.2) is 18.2 Å². The molecule has 94 valence electrons. The molecule has 17 heavy (non-hydrogen) atoms. The lowest BCUT2D eigenvalue weighted by molar-refractivity contribution is -0.0515. The number of rotatable bonds is 6. The smallest absolute Gasteiger partial charge is 0.387 e. The van der Waals surface area contributed by atoms with Crippen molar-refractivity contribution in [3.05, 3.63) is 23.8 Å². The maximum Gasteiger partial charge on any atom is 0.387 e. The van der Waals surface area contributed by atoms with Crippen LogP contribution in [0.1, 0.15) is 24.2 Å². The van der Waals surface area contributed by atoms with Crippen molar-refractivity contribution in [2.24, 2.45) is 5.92 Å². The highest BCUT2D eigenvalue weighted by atomic mass is 19.3. The Bertz CT molecular complexity index is 378. The minimum atomic E-state index is -2.92. The number of carbonyl (C=O) groups excluding carboxylic acids is 1. The van der Waals surface area contributed by atoms with Crippen LogP contribution in [0, 0.1) is 5.92 Å². The van der Waals surface area contributed by atoms with Crippen LogP contribution in [-0.2, 0) is 0 Å². The molecule has 0 saturated carbocycles. The lowest BCUT2D eigenvalue weighted by atomic mass is 10.2. The van der Waals surface area contributed by atoms with Crippen LogP contribution >= 0.6 is 0 Å². The Balaban J connectivity index is 2.90. The van der Waals surface area contributed by atoms with Gasteiger partial charge < -0.3 is 9.47 Å². The van der Waals surface area contributed by atoms with Gasteiger partial charge in [0.05, 0.1) is 6.61 Å². The Kier molecular flexibility index (Phi) is 4.87. The summed E-state index contributed by atoms with van der Waals surface area (Å²) in [7, 11) is 0. The van der Waals surface area contributed by atoms with Crippen LogP contribution < -0.4 is 9.47 Å². The Hall–Kier alpha value is -1.65. The predicted octanol–water partition coefficient (Wildman–Crippen LogP) is 3.14. The number of alkyl halides is 2. The quantitative estimate of drug-likeness (QED) is 0.721. The summed E-state index contributed by atoms with van der Waals surface area (Å²) in [5, 5.41) is 0. The summed E-state index contributed by atoms with van der Waals surface area (Å²) in [4.78, 5) is 10.6. The topological polar surface area (TPSA) is 35.5 Å². The van der Waals surface area contributed by atoms with Gasteiger partial charge in [0.2, 0.25) is 0 Å². The highest BCUT2D eigenvalue weighted by molar-refractivity contribution is 5.76. The highest BCUT2D eigenvalue weighted by Crippen LogP contribution is 2.29. The van der Waals surface area contributed by atoms with Gasteiger partial charge in [-0.05, 0) is 24.1 Å². The second-order valence-corrected chi connectivity index (χ2v) is 3.91. The third-order valence-corrected chi connectivity index (χ3v) is 1.89. The predicted molar refractivity (Wildman–Crippen MR) is 58.8 cm³/mol. The third kappa shape index (κ3) is 4.38. The van der Waals surface area contributed by atoms with Gasteiger partial charge in [0.15, 0.2) is 11.5 Å². The molecule has 0 amide bonds. The first-order chi connectivity index (χ1) is 8.02. The van der Waals surface area contributed by atoms with E-state index in [9.17, 15) is 13.6 Å². The lowest BCUT2D eigenvalue weighted by Gasteiger charge is -2.13. The van der Waals surface area contributed by atoms with Gasteiger partial charge in [-0.25, -0.2) is 0 Å². The summed E-state index contributed by atoms with van der Waals surface area (Å²) in [6.07, 6.45) is 0.619. The molecule has 0 aliphatic rings. The molecule has 0 aliphatic carbocycles. The summed E-state index contributed by atoms with van der Waals surface area (Å²) in [6.45, 7) is 1.30. The van der Waals surface area contributed by atoms with Crippen molar-refractivity contribution < 1.29 is 23.0 Å². The van der Waals surface area contributed by atoms with E-state index in [4.69, 9.17) is 4.74 Å². The zero-order chi connectivity index (χ0) is 12.8. The summed E-state index contributed by atoms with van der Waals surface area (Å²) in [5.74, 6) is 0.337. The van der Waals surface area contributed by atoms with Crippen molar-refractivity contribution in [2.45, 2.75) is 20.5 Å². The van der Waals surface area contributed by atoms with Crippen LogP contribution in [0.3, 0.4) is 0 Å². The first-order valence-corrected chi connectivity index (χ1v) is 5.19. The van der Waals surface area contributed by atoms with Crippen LogP contribution in [0.4, 0.5) is 8.78 Å². The molecule has 0 N–H and O–H groups in total. The molecule has 0 aromatic heterocycles. The number of hydrogen-bond donors (Lipinski definition) is 0. The summed E-state index contributed by atoms with van der Waals surface area (Å²) in [6, 6.07) is 4.07. The summed E-state index contributed by atoms with van der Waals surface area (Å²) in [5.41, 5.74) is 0.352. The van der Waals surface area contributed by atoms with Crippen molar-refractivity contribution in [1.29, 1.82) is 0 Å². The standard InChI is InChI=1S/C12H14F2O3/c1-8(2)7-16-11-5-9(6-15)3-4-10(11)17-12(13)14/h3-6,8,12H,7H2,1-2H3. The van der Waals surface area contributed by atoms with E-state index in [1.807, 2.05) is 13.8 Å². The van der Waals surface area contributed by atoms with Gasteiger partial charge in [-0.3, -0.25) is 4.79 Å². The van der Waals surface area contributed by atoms with Crippen molar-refractivity contribution in [2.75, 3.05) is 6.61 Å². The number of hydrogen-bond acceptors (Lipinski definition) is 3. The Morgan fingerprint density at radius 3 is 2.53 bits per heavy atom. The van der Waals surface area contributed by atoms with Gasteiger partial charge in [-0.2, -0.15) is 8.78 Å². The molecule has 5 heteroatoms. The van der Waals surface area contributed by atoms with Gasteiger partial charge >= 0.3 is 6.61 Å². The molecule has 0 fully saturated rings. The maximum absolute atomic E-state index is 12.1. The molecular formula is C12H14F2O3. The van der Waals surface area contributed by atoms with Crippen LogP contribution in [0.25, 0.3) is 0 Å². The van der Waals surface area contributed by atoms with Crippen molar-refractivity contribution >= 4 is 6.29 Å². The van der Waals surface area contributed by atoms with E-state index in [0.717, 1.165) is 0 Å². The van der Waals surface area contributed by atoms with Crippen molar-refractivity contribution in [3.63, 3.8) is 0 Å². The molecule has 0 aliphatic heterocycles. The number of carbonyl (C=O) groups is 1. The fourth-order valence-corrected chi connectivity index (χ4v) is 1.16. The Morgan fingerprint density at radius 1 is 1.29 bits per heavy atom. The molecule has 0 saturated heterocycles. The molecule has 1 aromatic rings. The van der Waals surface area contributed by atoms with E-state index < -0.39 is 6.61 Å². The van der Waals surface area contributed by atoms with Crippen molar-refractivity contribution in [3.8, 4) is 11.5 Å². The molecular weight excluding hydrogens is 230 g/mol. The molecule has 3 nitrogen and oxygen atoms in total. The minimum absolute atomic E-state index is 0.0637. The number of ether oxygens (including phenoxy) is 2. The second-order valence-electron chi connectivity index (χ2n) is 3.91. The van der Waals surface area contributed by atoms with Gasteiger partial charge in [0.25, 0.3) is 0 Å². The van der Waals surface area contributed by atoms with E-state index in [2.05, 4.69) is 4.74 Å². The highest BCUT2D eigenvalue weighted by Gasteiger charge is 2.12. The average molecular weight is 244 g/mol. The fraction of sp³-hybridized carbons (Fsp3) is 0.417. The monoisotopic (exact) mass is 244 g/mol. The molecule has 0 radical (unpaired) electrons. The minimum Gasteiger partial charge on any atom is -0.489 e. The maximum atomic E-state index is 12.1. The molecule has 0 unspecified atom stereocenters. The first-order valence-electron chi connectivity index (χ1n) is 5.19. The summed E-state index contributed by atoms with van der Waals surface area (Å²) >= 11 is 0. The van der Waals surface area contributed by atoms with Gasteiger partial charge in [-0.1, -0.05) is 13.8 Å².